The van der Waals surface area contributed by atoms with Gasteiger partial charge in [-0.2, -0.15) is 0 Å². The lowest BCUT2D eigenvalue weighted by atomic mass is 10.1. The molecule has 1 heterocycles. The van der Waals surface area contributed by atoms with Crippen molar-refractivity contribution >= 4 is 5.97 Å². The highest BCUT2D eigenvalue weighted by atomic mass is 16.5. The normalized spacial score (nSPS) is 12.2. The Bertz CT molecular complexity index is 328. The van der Waals surface area contributed by atoms with E-state index in [-0.39, 0.29) is 12.2 Å². The second-order valence-corrected chi connectivity index (χ2v) is 2.78. The van der Waals surface area contributed by atoms with E-state index in [2.05, 4.69) is 9.72 Å². The molecular weight excluding hydrogens is 182 g/mol. The molecule has 5 nitrogen and oxygen atoms in total. The number of nitrogens with two attached hydrogens (primary N) is 2. The van der Waals surface area contributed by atoms with Gasteiger partial charge in [-0.05, 0) is 6.07 Å². The molecule has 0 aliphatic rings. The topological polar surface area (TPSA) is 91.2 Å². The van der Waals surface area contributed by atoms with Crippen LogP contribution in [0.5, 0.6) is 0 Å². The molecule has 1 aromatic heterocycles. The van der Waals surface area contributed by atoms with E-state index in [0.29, 0.717) is 5.56 Å². The summed E-state index contributed by atoms with van der Waals surface area (Å²) in [6.07, 6.45) is 1.51. The summed E-state index contributed by atoms with van der Waals surface area (Å²) >= 11 is 0. The highest BCUT2D eigenvalue weighted by molar-refractivity contribution is 5.88. The maximum absolute atomic E-state index is 11.3. The van der Waals surface area contributed by atoms with Gasteiger partial charge >= 0.3 is 5.97 Å². The number of ether oxygens (including phenoxy) is 1. The lowest BCUT2D eigenvalue weighted by molar-refractivity contribution is 0.0592. The van der Waals surface area contributed by atoms with Gasteiger partial charge in [0.25, 0.3) is 0 Å². The van der Waals surface area contributed by atoms with Crippen LogP contribution in [0, 0.1) is 0 Å². The number of hydrogen-bond acceptors (Lipinski definition) is 5. The number of aromatic nitrogens is 1. The van der Waals surface area contributed by atoms with Crippen LogP contribution in [0.15, 0.2) is 18.3 Å². The number of carbonyl (C=O) groups excluding carboxylic acids is 1. The molecule has 0 saturated heterocycles. The number of methoxy groups -OCH3 is 1. The minimum atomic E-state index is -0.496. The number of esters is 1. The fourth-order valence-corrected chi connectivity index (χ4v) is 1.11. The van der Waals surface area contributed by atoms with Crippen molar-refractivity contribution in [3.63, 3.8) is 0 Å². The lowest BCUT2D eigenvalue weighted by Crippen LogP contribution is -2.24. The molecule has 0 saturated carbocycles. The Labute approximate surface area is 82.1 Å². The zero-order chi connectivity index (χ0) is 10.6. The van der Waals surface area contributed by atoms with Gasteiger partial charge < -0.3 is 16.2 Å². The minimum Gasteiger partial charge on any atom is -0.464 e. The van der Waals surface area contributed by atoms with Crippen molar-refractivity contribution in [3.8, 4) is 0 Å². The van der Waals surface area contributed by atoms with E-state index in [1.807, 2.05) is 0 Å². The third kappa shape index (κ3) is 2.07. The van der Waals surface area contributed by atoms with Crippen molar-refractivity contribution < 1.29 is 9.53 Å². The van der Waals surface area contributed by atoms with Crippen molar-refractivity contribution in [3.05, 3.63) is 29.6 Å². The average molecular weight is 195 g/mol. The van der Waals surface area contributed by atoms with Crippen LogP contribution in [-0.4, -0.2) is 24.6 Å². The van der Waals surface area contributed by atoms with Crippen molar-refractivity contribution in [2.45, 2.75) is 6.04 Å². The van der Waals surface area contributed by atoms with Gasteiger partial charge in [-0.1, -0.05) is 6.07 Å². The van der Waals surface area contributed by atoms with Crippen LogP contribution in [0.1, 0.15) is 22.1 Å². The first-order chi connectivity index (χ1) is 6.70. The van der Waals surface area contributed by atoms with Gasteiger partial charge in [-0.25, -0.2) is 9.78 Å². The summed E-state index contributed by atoms with van der Waals surface area (Å²) < 4.78 is 4.57. The van der Waals surface area contributed by atoms with E-state index < -0.39 is 12.0 Å². The summed E-state index contributed by atoms with van der Waals surface area (Å²) in [6, 6.07) is 3.03. The van der Waals surface area contributed by atoms with Crippen LogP contribution in [0.4, 0.5) is 0 Å². The van der Waals surface area contributed by atoms with E-state index >= 15 is 0 Å². The molecular formula is C9H13N3O2. The summed E-state index contributed by atoms with van der Waals surface area (Å²) in [4.78, 5) is 15.2. The lowest BCUT2D eigenvalue weighted by Gasteiger charge is -2.11. The van der Waals surface area contributed by atoms with Crippen LogP contribution in [-0.2, 0) is 4.74 Å². The first-order valence-electron chi connectivity index (χ1n) is 4.19. The van der Waals surface area contributed by atoms with Crippen molar-refractivity contribution in [1.82, 2.24) is 4.98 Å². The Morgan fingerprint density at radius 1 is 1.71 bits per heavy atom. The number of pyridine rings is 1. The molecule has 1 unspecified atom stereocenters. The van der Waals surface area contributed by atoms with Crippen LogP contribution in [0.25, 0.3) is 0 Å². The maximum atomic E-state index is 11.3. The molecule has 0 bridgehead atoms. The second kappa shape index (κ2) is 4.69. The van der Waals surface area contributed by atoms with Crippen LogP contribution in [0.3, 0.4) is 0 Å². The molecule has 1 rings (SSSR count). The Morgan fingerprint density at radius 2 is 2.43 bits per heavy atom. The predicted molar refractivity (Wildman–Crippen MR) is 51.6 cm³/mol. The SMILES string of the molecule is COC(=O)c1ncccc1C(N)CN. The van der Waals surface area contributed by atoms with E-state index in [0.717, 1.165) is 0 Å². The predicted octanol–water partition coefficient (Wildman–Crippen LogP) is -0.173. The molecule has 4 N–H and O–H groups in total. The van der Waals surface area contributed by atoms with Gasteiger partial charge in [0.15, 0.2) is 5.69 Å². The second-order valence-electron chi connectivity index (χ2n) is 2.78. The van der Waals surface area contributed by atoms with Crippen LogP contribution in [0.2, 0.25) is 0 Å². The number of hydrogen-bond donors (Lipinski definition) is 2. The van der Waals surface area contributed by atoms with Crippen LogP contribution >= 0.6 is 0 Å². The van der Waals surface area contributed by atoms with E-state index in [9.17, 15) is 4.79 Å². The molecule has 14 heavy (non-hydrogen) atoms. The molecule has 0 aromatic carbocycles. The number of nitrogens with zero attached hydrogens (tertiary/aromatic N) is 1. The molecule has 0 fully saturated rings. The molecule has 0 amide bonds. The average Bonchev–Trinajstić information content (AvgIpc) is 2.27. The molecule has 0 radical (unpaired) electrons. The van der Waals surface area contributed by atoms with Crippen molar-refractivity contribution in [1.29, 1.82) is 0 Å². The first-order valence-corrected chi connectivity index (χ1v) is 4.19. The molecule has 1 aromatic rings. The highest BCUT2D eigenvalue weighted by Crippen LogP contribution is 2.13. The van der Waals surface area contributed by atoms with Gasteiger partial charge in [-0.3, -0.25) is 0 Å². The Hall–Kier alpha value is -1.46. The fourth-order valence-electron chi connectivity index (χ4n) is 1.11. The zero-order valence-electron chi connectivity index (χ0n) is 7.93. The third-order valence-electron chi connectivity index (χ3n) is 1.87. The van der Waals surface area contributed by atoms with E-state index in [1.54, 1.807) is 12.1 Å². The summed E-state index contributed by atoms with van der Waals surface area (Å²) in [7, 11) is 1.30. The fraction of sp³-hybridized carbons (Fsp3) is 0.333. The summed E-state index contributed by atoms with van der Waals surface area (Å²) in [6.45, 7) is 0.260. The van der Waals surface area contributed by atoms with Gasteiger partial charge in [0.05, 0.1) is 7.11 Å². The molecule has 0 aliphatic carbocycles. The summed E-state index contributed by atoms with van der Waals surface area (Å²) in [5.41, 5.74) is 12.0. The zero-order valence-corrected chi connectivity index (χ0v) is 7.93. The summed E-state index contributed by atoms with van der Waals surface area (Å²) in [5, 5.41) is 0. The Morgan fingerprint density at radius 3 is 3.00 bits per heavy atom. The van der Waals surface area contributed by atoms with Gasteiger partial charge in [-0.15, -0.1) is 0 Å². The number of carbonyl (C=O) groups is 1. The summed E-state index contributed by atoms with van der Waals surface area (Å²) in [5.74, 6) is -0.496. The molecule has 0 spiro atoms. The largest absolute Gasteiger partial charge is 0.464 e. The van der Waals surface area contributed by atoms with Gasteiger partial charge in [0.1, 0.15) is 0 Å². The third-order valence-corrected chi connectivity index (χ3v) is 1.87. The minimum absolute atomic E-state index is 0.230. The van der Waals surface area contributed by atoms with Crippen molar-refractivity contribution in [2.75, 3.05) is 13.7 Å². The molecule has 76 valence electrons. The van der Waals surface area contributed by atoms with E-state index in [1.165, 1.54) is 13.3 Å². The smallest absolute Gasteiger partial charge is 0.356 e. The van der Waals surface area contributed by atoms with E-state index in [4.69, 9.17) is 11.5 Å². The molecule has 0 aliphatic heterocycles. The molecule has 1 atom stereocenters. The Kier molecular flexibility index (Phi) is 3.55. The quantitative estimate of drug-likeness (QED) is 0.653. The van der Waals surface area contributed by atoms with Gasteiger partial charge in [0, 0.05) is 24.3 Å². The van der Waals surface area contributed by atoms with Crippen molar-refractivity contribution in [2.24, 2.45) is 11.5 Å². The first kappa shape index (κ1) is 10.6. The van der Waals surface area contributed by atoms with Crippen LogP contribution < -0.4 is 11.5 Å². The van der Waals surface area contributed by atoms with Gasteiger partial charge in [0.2, 0.25) is 0 Å². The number of rotatable bonds is 3. The maximum Gasteiger partial charge on any atom is 0.356 e. The standard InChI is InChI=1S/C9H13N3O2/c1-14-9(13)8-6(7(11)5-10)3-2-4-12-8/h2-4,7H,5,10-11H2,1H3. The molecule has 5 heteroatoms. The Balaban J connectivity index is 3.09. The highest BCUT2D eigenvalue weighted by Gasteiger charge is 2.16. The monoisotopic (exact) mass is 195 g/mol.